The fourth-order valence-electron chi connectivity index (χ4n) is 0.391. The van der Waals surface area contributed by atoms with Gasteiger partial charge in [-0.3, -0.25) is 0 Å². The molecule has 1 heterocycles. The maximum Gasteiger partial charge on any atom is 0.174 e. The van der Waals surface area contributed by atoms with Crippen LogP contribution in [0.15, 0.2) is 17.0 Å². The third kappa shape index (κ3) is 0.850. The van der Waals surface area contributed by atoms with Crippen LogP contribution in [-0.2, 0) is 4.74 Å². The van der Waals surface area contributed by atoms with Crippen LogP contribution in [0.25, 0.3) is 0 Å². The molecule has 0 spiro atoms. The number of rotatable bonds is 0. The highest BCUT2D eigenvalue weighted by Gasteiger charge is 1.93. The summed E-state index contributed by atoms with van der Waals surface area (Å²) in [5.41, 5.74) is 0.330. The molecule has 0 aliphatic carbocycles. The van der Waals surface area contributed by atoms with E-state index in [0.717, 1.165) is 0 Å². The quantitative estimate of drug-likeness (QED) is 0.452. The fraction of sp³-hybridized carbons (Fsp3) is 0.200. The topological polar surface area (TPSA) is 45.4 Å². The van der Waals surface area contributed by atoms with E-state index in [4.69, 9.17) is 10.00 Å². The number of hydrogen-bond donors (Lipinski definition) is 0. The van der Waals surface area contributed by atoms with Crippen LogP contribution in [0.2, 0.25) is 0 Å². The minimum atomic E-state index is 0.330. The van der Waals surface area contributed by atoms with Crippen LogP contribution in [0.1, 0.15) is 0 Å². The first-order valence-electron chi connectivity index (χ1n) is 2.18. The van der Waals surface area contributed by atoms with Crippen molar-refractivity contribution in [2.45, 2.75) is 0 Å². The minimum absolute atomic E-state index is 0.330. The Balaban J connectivity index is 2.68. The van der Waals surface area contributed by atoms with Gasteiger partial charge in [0, 0.05) is 6.21 Å². The zero-order valence-corrected chi connectivity index (χ0v) is 4.16. The summed E-state index contributed by atoms with van der Waals surface area (Å²) in [4.78, 5) is 3.70. The number of ether oxygens (including phenoxy) is 1. The Bertz CT molecular complexity index is 175. The van der Waals surface area contributed by atoms with E-state index in [1.54, 1.807) is 6.21 Å². The molecule has 0 aromatic rings. The molecule has 0 aromatic carbocycles. The van der Waals surface area contributed by atoms with E-state index in [1.807, 2.05) is 6.07 Å². The van der Waals surface area contributed by atoms with Crippen molar-refractivity contribution in [1.82, 2.24) is 0 Å². The molecule has 0 unspecified atom stereocenters. The Morgan fingerprint density at radius 2 is 2.75 bits per heavy atom. The SMILES string of the molecule is N#CC1=COCC=N1. The molecule has 0 fully saturated rings. The monoisotopic (exact) mass is 108 g/mol. The Morgan fingerprint density at radius 1 is 1.88 bits per heavy atom. The van der Waals surface area contributed by atoms with E-state index in [-0.39, 0.29) is 0 Å². The van der Waals surface area contributed by atoms with Gasteiger partial charge in [-0.15, -0.1) is 0 Å². The number of nitriles is 1. The maximum absolute atomic E-state index is 8.18. The number of aliphatic imine (C=N–C) groups is 1. The predicted molar refractivity (Wildman–Crippen MR) is 28.1 cm³/mol. The molecule has 3 heteroatoms. The third-order valence-corrected chi connectivity index (χ3v) is 0.711. The minimum Gasteiger partial charge on any atom is -0.493 e. The summed E-state index contributed by atoms with van der Waals surface area (Å²) >= 11 is 0. The Morgan fingerprint density at radius 3 is 3.12 bits per heavy atom. The van der Waals surface area contributed by atoms with E-state index in [2.05, 4.69) is 4.99 Å². The largest absolute Gasteiger partial charge is 0.493 e. The van der Waals surface area contributed by atoms with E-state index in [0.29, 0.717) is 12.3 Å². The molecular formula is C5H4N2O. The second kappa shape index (κ2) is 2.12. The van der Waals surface area contributed by atoms with Crippen LogP contribution in [0.4, 0.5) is 0 Å². The summed E-state index contributed by atoms with van der Waals surface area (Å²) in [6.45, 7) is 0.477. The molecule has 0 radical (unpaired) electrons. The summed E-state index contributed by atoms with van der Waals surface area (Å²) in [6.07, 6.45) is 2.90. The number of allylic oxidation sites excluding steroid dienone is 1. The third-order valence-electron chi connectivity index (χ3n) is 0.711. The smallest absolute Gasteiger partial charge is 0.174 e. The summed E-state index contributed by atoms with van der Waals surface area (Å²) < 4.78 is 4.74. The first kappa shape index (κ1) is 4.85. The molecule has 8 heavy (non-hydrogen) atoms. The van der Waals surface area contributed by atoms with Gasteiger partial charge in [0.2, 0.25) is 0 Å². The first-order chi connectivity index (χ1) is 3.93. The standard InChI is InChI=1S/C5H4N2O/c6-3-5-4-8-2-1-7-5/h1,4H,2H2. The molecule has 0 N–H and O–H groups in total. The van der Waals surface area contributed by atoms with Crippen LogP contribution in [-0.4, -0.2) is 12.8 Å². The molecule has 3 nitrogen and oxygen atoms in total. The van der Waals surface area contributed by atoms with E-state index in [9.17, 15) is 0 Å². The van der Waals surface area contributed by atoms with Crippen molar-refractivity contribution in [1.29, 1.82) is 5.26 Å². The Kier molecular flexibility index (Phi) is 1.29. The van der Waals surface area contributed by atoms with Crippen LogP contribution < -0.4 is 0 Å². The van der Waals surface area contributed by atoms with Gasteiger partial charge in [0.05, 0.1) is 0 Å². The van der Waals surface area contributed by atoms with Gasteiger partial charge >= 0.3 is 0 Å². The van der Waals surface area contributed by atoms with E-state index < -0.39 is 0 Å². The van der Waals surface area contributed by atoms with Crippen molar-refractivity contribution in [3.63, 3.8) is 0 Å². The number of nitrogens with zero attached hydrogens (tertiary/aromatic N) is 2. The van der Waals surface area contributed by atoms with Crippen molar-refractivity contribution in [3.8, 4) is 6.07 Å². The zero-order chi connectivity index (χ0) is 5.82. The normalized spacial score (nSPS) is 16.1. The molecule has 1 rings (SSSR count). The lowest BCUT2D eigenvalue weighted by molar-refractivity contribution is 0.298. The second-order valence-electron chi connectivity index (χ2n) is 1.26. The molecule has 0 bridgehead atoms. The number of hydrogen-bond acceptors (Lipinski definition) is 3. The molecule has 0 saturated carbocycles. The molecule has 1 aliphatic rings. The Hall–Kier alpha value is -1.30. The van der Waals surface area contributed by atoms with Crippen molar-refractivity contribution >= 4 is 6.21 Å². The second-order valence-corrected chi connectivity index (χ2v) is 1.26. The molecule has 1 aliphatic heterocycles. The fourth-order valence-corrected chi connectivity index (χ4v) is 0.391. The van der Waals surface area contributed by atoms with Gasteiger partial charge in [-0.2, -0.15) is 5.26 Å². The van der Waals surface area contributed by atoms with E-state index in [1.165, 1.54) is 6.26 Å². The van der Waals surface area contributed by atoms with Crippen molar-refractivity contribution in [3.05, 3.63) is 12.0 Å². The highest BCUT2D eigenvalue weighted by atomic mass is 16.5. The van der Waals surface area contributed by atoms with Crippen molar-refractivity contribution in [2.75, 3.05) is 6.61 Å². The molecule has 0 saturated heterocycles. The lowest BCUT2D eigenvalue weighted by Gasteiger charge is -1.98. The highest BCUT2D eigenvalue weighted by molar-refractivity contribution is 5.62. The molecule has 0 amide bonds. The molecule has 0 aromatic heterocycles. The van der Waals surface area contributed by atoms with Gasteiger partial charge in [0.1, 0.15) is 18.9 Å². The molecular weight excluding hydrogens is 104 g/mol. The lowest BCUT2D eigenvalue weighted by atomic mass is 10.5. The van der Waals surface area contributed by atoms with Crippen molar-refractivity contribution in [2.24, 2.45) is 4.99 Å². The van der Waals surface area contributed by atoms with E-state index >= 15 is 0 Å². The maximum atomic E-state index is 8.18. The average molecular weight is 108 g/mol. The van der Waals surface area contributed by atoms with Gasteiger partial charge < -0.3 is 4.74 Å². The molecule has 40 valence electrons. The summed E-state index contributed by atoms with van der Waals surface area (Å²) in [7, 11) is 0. The van der Waals surface area contributed by atoms with Crippen LogP contribution >= 0.6 is 0 Å². The van der Waals surface area contributed by atoms with Crippen molar-refractivity contribution < 1.29 is 4.74 Å². The van der Waals surface area contributed by atoms with Gasteiger partial charge in [0.15, 0.2) is 5.70 Å². The van der Waals surface area contributed by atoms with Gasteiger partial charge in [-0.05, 0) is 0 Å². The van der Waals surface area contributed by atoms with Gasteiger partial charge in [0.25, 0.3) is 0 Å². The highest BCUT2D eigenvalue weighted by Crippen LogP contribution is 1.97. The van der Waals surface area contributed by atoms with Crippen LogP contribution in [0.5, 0.6) is 0 Å². The first-order valence-corrected chi connectivity index (χ1v) is 2.18. The summed E-state index contributed by atoms with van der Waals surface area (Å²) in [5.74, 6) is 0. The Labute approximate surface area is 46.9 Å². The van der Waals surface area contributed by atoms with Crippen LogP contribution in [0, 0.1) is 11.3 Å². The molecule has 0 atom stereocenters. The zero-order valence-electron chi connectivity index (χ0n) is 4.16. The average Bonchev–Trinajstić information content (AvgIpc) is 1.90. The van der Waals surface area contributed by atoms with Crippen LogP contribution in [0.3, 0.4) is 0 Å². The lowest BCUT2D eigenvalue weighted by Crippen LogP contribution is -1.94. The van der Waals surface area contributed by atoms with Gasteiger partial charge in [-0.25, -0.2) is 4.99 Å². The predicted octanol–water partition coefficient (Wildman–Crippen LogP) is 0.452. The summed E-state index contributed by atoms with van der Waals surface area (Å²) in [5, 5.41) is 8.18. The summed E-state index contributed by atoms with van der Waals surface area (Å²) in [6, 6.07) is 1.84. The van der Waals surface area contributed by atoms with Gasteiger partial charge in [-0.1, -0.05) is 0 Å².